The second-order valence-corrected chi connectivity index (χ2v) is 6.92. The van der Waals surface area contributed by atoms with E-state index >= 15 is 0 Å². The van der Waals surface area contributed by atoms with Crippen molar-refractivity contribution in [3.63, 3.8) is 0 Å². The van der Waals surface area contributed by atoms with Gasteiger partial charge < -0.3 is 19.1 Å². The molecule has 5 heteroatoms. The number of hydrogen-bond acceptors (Lipinski definition) is 4. The van der Waals surface area contributed by atoms with Crippen molar-refractivity contribution in [3.05, 3.63) is 54.1 Å². The first-order valence-electron chi connectivity index (χ1n) is 9.39. The predicted octanol–water partition coefficient (Wildman–Crippen LogP) is 3.70. The lowest BCUT2D eigenvalue weighted by atomic mass is 9.99. The molecule has 1 atom stereocenters. The monoisotopic (exact) mass is 369 g/mol. The maximum Gasteiger partial charge on any atom is 0.260 e. The number of hydrogen-bond donors (Lipinski definition) is 0. The van der Waals surface area contributed by atoms with Crippen LogP contribution in [0.2, 0.25) is 0 Å². The van der Waals surface area contributed by atoms with Gasteiger partial charge in [-0.25, -0.2) is 0 Å². The van der Waals surface area contributed by atoms with Crippen molar-refractivity contribution in [1.82, 2.24) is 4.90 Å². The number of carbonyl (C=O) groups excluding carboxylic acids is 1. The van der Waals surface area contributed by atoms with Gasteiger partial charge in [0, 0.05) is 19.0 Å². The van der Waals surface area contributed by atoms with E-state index in [-0.39, 0.29) is 12.5 Å². The summed E-state index contributed by atoms with van der Waals surface area (Å²) in [7, 11) is 1.59. The number of carbonyl (C=O) groups is 1. The molecule has 0 radical (unpaired) electrons. The Balaban J connectivity index is 1.49. The Bertz CT molecular complexity index is 761. The SMILES string of the molecule is COc1ccccc1OCC(=O)N1CCCC(COc2cccc(C)c2)C1. The van der Waals surface area contributed by atoms with E-state index in [4.69, 9.17) is 14.2 Å². The van der Waals surface area contributed by atoms with Gasteiger partial charge in [0.05, 0.1) is 13.7 Å². The molecule has 0 bridgehead atoms. The van der Waals surface area contributed by atoms with Crippen molar-refractivity contribution >= 4 is 5.91 Å². The molecular formula is C22H27NO4. The van der Waals surface area contributed by atoms with Gasteiger partial charge in [-0.05, 0) is 49.6 Å². The highest BCUT2D eigenvalue weighted by Crippen LogP contribution is 2.26. The number of para-hydroxylation sites is 2. The minimum atomic E-state index is 0.00108. The molecule has 2 aromatic rings. The zero-order valence-corrected chi connectivity index (χ0v) is 16.0. The fraction of sp³-hybridized carbons (Fsp3) is 0.409. The summed E-state index contributed by atoms with van der Waals surface area (Å²) < 4.78 is 16.9. The van der Waals surface area contributed by atoms with Gasteiger partial charge in [0.2, 0.25) is 0 Å². The smallest absolute Gasteiger partial charge is 0.260 e. The molecule has 1 aliphatic heterocycles. The van der Waals surface area contributed by atoms with Crippen LogP contribution in [0.15, 0.2) is 48.5 Å². The van der Waals surface area contributed by atoms with Gasteiger partial charge in [-0.1, -0.05) is 24.3 Å². The standard InChI is InChI=1S/C22H27NO4/c1-17-7-5-9-19(13-17)26-15-18-8-6-12-23(14-18)22(24)16-27-21-11-4-3-10-20(21)25-2/h3-5,7,9-11,13,18H,6,8,12,14-16H2,1-2H3. The van der Waals surface area contributed by atoms with Gasteiger partial charge in [0.1, 0.15) is 5.75 Å². The molecule has 1 heterocycles. The van der Waals surface area contributed by atoms with Crippen molar-refractivity contribution < 1.29 is 19.0 Å². The van der Waals surface area contributed by atoms with Crippen molar-refractivity contribution in [2.24, 2.45) is 5.92 Å². The number of piperidine rings is 1. The Morgan fingerprint density at radius 1 is 1.11 bits per heavy atom. The number of methoxy groups -OCH3 is 1. The van der Waals surface area contributed by atoms with Crippen LogP contribution < -0.4 is 14.2 Å². The summed E-state index contributed by atoms with van der Waals surface area (Å²) in [6.45, 7) is 4.18. The summed E-state index contributed by atoms with van der Waals surface area (Å²) in [6.07, 6.45) is 2.06. The average molecular weight is 369 g/mol. The van der Waals surface area contributed by atoms with E-state index in [0.717, 1.165) is 25.1 Å². The Morgan fingerprint density at radius 2 is 1.93 bits per heavy atom. The number of nitrogens with zero attached hydrogens (tertiary/aromatic N) is 1. The molecular weight excluding hydrogens is 342 g/mol. The van der Waals surface area contributed by atoms with Crippen LogP contribution in [0.25, 0.3) is 0 Å². The van der Waals surface area contributed by atoms with E-state index in [1.165, 1.54) is 5.56 Å². The zero-order chi connectivity index (χ0) is 19.1. The summed E-state index contributed by atoms with van der Waals surface area (Å²) in [5, 5.41) is 0. The molecule has 1 unspecified atom stereocenters. The second kappa shape index (κ2) is 9.31. The lowest BCUT2D eigenvalue weighted by molar-refractivity contribution is -0.135. The van der Waals surface area contributed by atoms with E-state index in [2.05, 4.69) is 13.0 Å². The van der Waals surface area contributed by atoms with Gasteiger partial charge in [-0.15, -0.1) is 0 Å². The van der Waals surface area contributed by atoms with E-state index in [1.807, 2.05) is 41.3 Å². The highest BCUT2D eigenvalue weighted by Gasteiger charge is 2.24. The molecule has 144 valence electrons. The summed E-state index contributed by atoms with van der Waals surface area (Å²) in [6, 6.07) is 15.4. The molecule has 0 aliphatic carbocycles. The van der Waals surface area contributed by atoms with Crippen molar-refractivity contribution in [3.8, 4) is 17.2 Å². The molecule has 27 heavy (non-hydrogen) atoms. The minimum Gasteiger partial charge on any atom is -0.493 e. The first-order valence-corrected chi connectivity index (χ1v) is 9.39. The van der Waals surface area contributed by atoms with E-state index in [0.29, 0.717) is 30.6 Å². The van der Waals surface area contributed by atoms with Gasteiger partial charge in [0.15, 0.2) is 18.1 Å². The van der Waals surface area contributed by atoms with Crippen LogP contribution in [-0.2, 0) is 4.79 Å². The molecule has 1 saturated heterocycles. The number of amides is 1. The minimum absolute atomic E-state index is 0.00108. The van der Waals surface area contributed by atoms with Crippen LogP contribution in [0.3, 0.4) is 0 Å². The average Bonchev–Trinajstić information content (AvgIpc) is 2.71. The fourth-order valence-electron chi connectivity index (χ4n) is 3.32. The van der Waals surface area contributed by atoms with Gasteiger partial charge >= 0.3 is 0 Å². The lowest BCUT2D eigenvalue weighted by Crippen LogP contribution is -2.43. The molecule has 1 aliphatic rings. The Labute approximate surface area is 160 Å². The highest BCUT2D eigenvalue weighted by atomic mass is 16.5. The van der Waals surface area contributed by atoms with E-state index in [9.17, 15) is 4.79 Å². The summed E-state index contributed by atoms with van der Waals surface area (Å²) in [5.74, 6) is 2.45. The van der Waals surface area contributed by atoms with Crippen molar-refractivity contribution in [2.75, 3.05) is 33.4 Å². The quantitative estimate of drug-likeness (QED) is 0.747. The zero-order valence-electron chi connectivity index (χ0n) is 16.0. The lowest BCUT2D eigenvalue weighted by Gasteiger charge is -2.32. The molecule has 0 spiro atoms. The molecule has 0 N–H and O–H groups in total. The maximum atomic E-state index is 12.6. The molecule has 3 rings (SSSR count). The number of rotatable bonds is 7. The van der Waals surface area contributed by atoms with Crippen LogP contribution in [0.1, 0.15) is 18.4 Å². The molecule has 1 amide bonds. The Hall–Kier alpha value is -2.69. The largest absolute Gasteiger partial charge is 0.493 e. The molecule has 5 nitrogen and oxygen atoms in total. The van der Waals surface area contributed by atoms with Gasteiger partial charge in [-0.2, -0.15) is 0 Å². The third-order valence-corrected chi connectivity index (χ3v) is 4.77. The summed E-state index contributed by atoms with van der Waals surface area (Å²) in [5.41, 5.74) is 1.18. The van der Waals surface area contributed by atoms with E-state index < -0.39 is 0 Å². The molecule has 0 aromatic heterocycles. The van der Waals surface area contributed by atoms with Gasteiger partial charge in [-0.3, -0.25) is 4.79 Å². The number of ether oxygens (including phenoxy) is 3. The van der Waals surface area contributed by atoms with Crippen LogP contribution in [0.4, 0.5) is 0 Å². The highest BCUT2D eigenvalue weighted by molar-refractivity contribution is 5.78. The third-order valence-electron chi connectivity index (χ3n) is 4.77. The van der Waals surface area contributed by atoms with Crippen LogP contribution in [0, 0.1) is 12.8 Å². The number of likely N-dealkylation sites (tertiary alicyclic amines) is 1. The second-order valence-electron chi connectivity index (χ2n) is 6.92. The number of benzene rings is 2. The maximum absolute atomic E-state index is 12.6. The summed E-state index contributed by atoms with van der Waals surface area (Å²) >= 11 is 0. The predicted molar refractivity (Wildman–Crippen MR) is 104 cm³/mol. The molecule has 0 saturated carbocycles. The van der Waals surface area contributed by atoms with E-state index in [1.54, 1.807) is 13.2 Å². The fourth-order valence-corrected chi connectivity index (χ4v) is 3.32. The first-order chi connectivity index (χ1) is 13.2. The Kier molecular flexibility index (Phi) is 6.58. The Morgan fingerprint density at radius 3 is 2.70 bits per heavy atom. The van der Waals surface area contributed by atoms with Crippen molar-refractivity contribution in [2.45, 2.75) is 19.8 Å². The third kappa shape index (κ3) is 5.39. The van der Waals surface area contributed by atoms with Crippen LogP contribution >= 0.6 is 0 Å². The van der Waals surface area contributed by atoms with Crippen molar-refractivity contribution in [1.29, 1.82) is 0 Å². The molecule has 2 aromatic carbocycles. The molecule has 1 fully saturated rings. The first kappa shape index (κ1) is 19.1. The van der Waals surface area contributed by atoms with Gasteiger partial charge in [0.25, 0.3) is 5.91 Å². The van der Waals surface area contributed by atoms with Crippen LogP contribution in [0.5, 0.6) is 17.2 Å². The topological polar surface area (TPSA) is 48.0 Å². The van der Waals surface area contributed by atoms with Crippen LogP contribution in [-0.4, -0.2) is 44.2 Å². The number of aryl methyl sites for hydroxylation is 1. The normalized spacial score (nSPS) is 16.7. The summed E-state index contributed by atoms with van der Waals surface area (Å²) in [4.78, 5) is 14.4.